The van der Waals surface area contributed by atoms with Gasteiger partial charge in [0, 0.05) is 26.7 Å². The van der Waals surface area contributed by atoms with Crippen LogP contribution in [0.3, 0.4) is 0 Å². The molecule has 17 heavy (non-hydrogen) atoms. The van der Waals surface area contributed by atoms with Crippen molar-refractivity contribution < 1.29 is 4.74 Å². The van der Waals surface area contributed by atoms with Crippen LogP contribution in [-0.4, -0.2) is 49.6 Å². The van der Waals surface area contributed by atoms with E-state index in [1.54, 1.807) is 6.20 Å². The molecule has 0 amide bonds. The number of halogens is 1. The van der Waals surface area contributed by atoms with E-state index in [4.69, 9.17) is 16.3 Å². The van der Waals surface area contributed by atoms with E-state index >= 15 is 0 Å². The highest BCUT2D eigenvalue weighted by atomic mass is 35.5. The molecule has 7 heteroatoms. The van der Waals surface area contributed by atoms with E-state index in [-0.39, 0.29) is 16.7 Å². The van der Waals surface area contributed by atoms with E-state index in [2.05, 4.69) is 15.5 Å². The molecule has 1 atom stereocenters. The zero-order valence-electron chi connectivity index (χ0n) is 9.57. The minimum atomic E-state index is -0.376. The molecule has 1 aliphatic heterocycles. The minimum absolute atomic E-state index is 0.101. The molecular formula is C10H15ClN4O2. The van der Waals surface area contributed by atoms with Crippen molar-refractivity contribution in [3.8, 4) is 0 Å². The number of anilines is 1. The van der Waals surface area contributed by atoms with Gasteiger partial charge in [-0.2, -0.15) is 5.10 Å². The fourth-order valence-electron chi connectivity index (χ4n) is 1.78. The van der Waals surface area contributed by atoms with E-state index in [1.165, 1.54) is 0 Å². The van der Waals surface area contributed by atoms with Crippen LogP contribution in [0.25, 0.3) is 0 Å². The fraction of sp³-hybridized carbons (Fsp3) is 0.600. The average molecular weight is 259 g/mol. The number of nitrogens with zero attached hydrogens (tertiary/aromatic N) is 2. The van der Waals surface area contributed by atoms with Crippen LogP contribution in [0.15, 0.2) is 11.0 Å². The largest absolute Gasteiger partial charge is 0.374 e. The Morgan fingerprint density at radius 1 is 1.71 bits per heavy atom. The molecule has 6 nitrogen and oxygen atoms in total. The van der Waals surface area contributed by atoms with E-state index in [0.717, 1.165) is 13.1 Å². The summed E-state index contributed by atoms with van der Waals surface area (Å²) in [5.41, 5.74) is 0.239. The summed E-state index contributed by atoms with van der Waals surface area (Å²) >= 11 is 5.92. The third-order valence-corrected chi connectivity index (χ3v) is 3.04. The molecule has 1 aliphatic rings. The van der Waals surface area contributed by atoms with Gasteiger partial charge in [0.15, 0.2) is 0 Å². The monoisotopic (exact) mass is 258 g/mol. The maximum absolute atomic E-state index is 11.3. The van der Waals surface area contributed by atoms with Gasteiger partial charge in [-0.25, -0.2) is 5.10 Å². The predicted octanol–water partition coefficient (Wildman–Crippen LogP) is -0.152. The summed E-state index contributed by atoms with van der Waals surface area (Å²) in [5, 5.41) is 9.44. The zero-order chi connectivity index (χ0) is 12.3. The Balaban J connectivity index is 2.06. The van der Waals surface area contributed by atoms with E-state index in [1.807, 2.05) is 11.9 Å². The lowest BCUT2D eigenvalue weighted by Crippen LogP contribution is -2.44. The molecule has 1 aromatic rings. The van der Waals surface area contributed by atoms with Crippen molar-refractivity contribution >= 4 is 17.3 Å². The number of rotatable bonds is 3. The van der Waals surface area contributed by atoms with Crippen molar-refractivity contribution in [2.45, 2.75) is 6.10 Å². The van der Waals surface area contributed by atoms with E-state index < -0.39 is 0 Å². The first-order valence-corrected chi connectivity index (χ1v) is 5.83. The van der Waals surface area contributed by atoms with Crippen molar-refractivity contribution in [2.75, 3.05) is 38.2 Å². The predicted molar refractivity (Wildman–Crippen MR) is 65.7 cm³/mol. The van der Waals surface area contributed by atoms with E-state index in [0.29, 0.717) is 18.8 Å². The molecule has 2 rings (SSSR count). The van der Waals surface area contributed by atoms with Gasteiger partial charge in [0.1, 0.15) is 5.02 Å². The van der Waals surface area contributed by atoms with Gasteiger partial charge >= 0.3 is 0 Å². The third-order valence-electron chi connectivity index (χ3n) is 2.67. The lowest BCUT2D eigenvalue weighted by molar-refractivity contribution is 0.0340. The molecule has 0 spiro atoms. The summed E-state index contributed by atoms with van der Waals surface area (Å²) < 4.78 is 5.59. The smallest absolute Gasteiger partial charge is 0.285 e. The van der Waals surface area contributed by atoms with Crippen LogP contribution in [-0.2, 0) is 4.74 Å². The number of morpholine rings is 1. The first-order chi connectivity index (χ1) is 8.18. The quantitative estimate of drug-likeness (QED) is 0.789. The number of hydrogen-bond acceptors (Lipinski definition) is 5. The van der Waals surface area contributed by atoms with Crippen molar-refractivity contribution in [1.82, 2.24) is 15.5 Å². The topological polar surface area (TPSA) is 70.2 Å². The first kappa shape index (κ1) is 12.3. The number of aromatic nitrogens is 2. The number of nitrogens with one attached hydrogen (secondary N) is 2. The van der Waals surface area contributed by atoms with Crippen LogP contribution in [0.4, 0.5) is 5.69 Å². The number of aromatic amines is 1. The molecule has 94 valence electrons. The molecule has 0 radical (unpaired) electrons. The fourth-order valence-corrected chi connectivity index (χ4v) is 2.02. The maximum Gasteiger partial charge on any atom is 0.285 e. The van der Waals surface area contributed by atoms with Gasteiger partial charge in [-0.3, -0.25) is 4.79 Å². The number of H-pyrrole nitrogens is 1. The molecular weight excluding hydrogens is 244 g/mol. The van der Waals surface area contributed by atoms with Crippen molar-refractivity contribution in [1.29, 1.82) is 0 Å². The Morgan fingerprint density at radius 3 is 3.24 bits per heavy atom. The van der Waals surface area contributed by atoms with Crippen LogP contribution in [0.2, 0.25) is 5.02 Å². The molecule has 2 N–H and O–H groups in total. The molecule has 0 aromatic carbocycles. The van der Waals surface area contributed by atoms with Gasteiger partial charge < -0.3 is 15.0 Å². The molecule has 1 aromatic heterocycles. The van der Waals surface area contributed by atoms with Crippen LogP contribution in [0, 0.1) is 0 Å². The highest BCUT2D eigenvalue weighted by Gasteiger charge is 2.18. The van der Waals surface area contributed by atoms with E-state index in [9.17, 15) is 4.79 Å². The Hall–Kier alpha value is -1.11. The third kappa shape index (κ3) is 2.96. The van der Waals surface area contributed by atoms with Crippen molar-refractivity contribution in [3.05, 3.63) is 21.6 Å². The molecule has 1 saturated heterocycles. The molecule has 0 saturated carbocycles. The summed E-state index contributed by atoms with van der Waals surface area (Å²) in [4.78, 5) is 13.2. The average Bonchev–Trinajstić information content (AvgIpc) is 2.34. The van der Waals surface area contributed by atoms with Gasteiger partial charge in [0.05, 0.1) is 24.6 Å². The second-order valence-corrected chi connectivity index (χ2v) is 4.35. The van der Waals surface area contributed by atoms with Crippen LogP contribution >= 0.6 is 11.6 Å². The summed E-state index contributed by atoms with van der Waals surface area (Å²) in [6.07, 6.45) is 1.64. The molecule has 0 bridgehead atoms. The molecule has 1 unspecified atom stereocenters. The molecule has 0 aliphatic carbocycles. The second-order valence-electron chi connectivity index (χ2n) is 3.98. The van der Waals surface area contributed by atoms with Crippen LogP contribution in [0.1, 0.15) is 0 Å². The maximum atomic E-state index is 11.3. The number of hydrogen-bond donors (Lipinski definition) is 2. The van der Waals surface area contributed by atoms with Gasteiger partial charge in [-0.15, -0.1) is 0 Å². The Morgan fingerprint density at radius 2 is 2.53 bits per heavy atom. The Bertz CT molecular complexity index is 431. The van der Waals surface area contributed by atoms with Crippen LogP contribution in [0.5, 0.6) is 0 Å². The standard InChI is InChI=1S/C10H15ClN4O2/c1-15(6-7-4-12-2-3-17-7)8-5-13-14-10(16)9(8)11/h5,7,12H,2-4,6H2,1H3,(H,14,16). The highest BCUT2D eigenvalue weighted by Crippen LogP contribution is 2.19. The SMILES string of the molecule is CN(CC1CNCCO1)c1cn[nH]c(=O)c1Cl. The van der Waals surface area contributed by atoms with Gasteiger partial charge in [-0.1, -0.05) is 11.6 Å². The first-order valence-electron chi connectivity index (χ1n) is 5.45. The summed E-state index contributed by atoms with van der Waals surface area (Å²) in [6, 6.07) is 0. The number of likely N-dealkylation sites (N-methyl/N-ethyl adjacent to an activating group) is 1. The minimum Gasteiger partial charge on any atom is -0.374 e. The van der Waals surface area contributed by atoms with Gasteiger partial charge in [0.2, 0.25) is 0 Å². The lowest BCUT2D eigenvalue weighted by atomic mass is 10.2. The summed E-state index contributed by atoms with van der Waals surface area (Å²) in [7, 11) is 1.86. The zero-order valence-corrected chi connectivity index (χ0v) is 10.3. The summed E-state index contributed by atoms with van der Waals surface area (Å²) in [6.45, 7) is 3.06. The lowest BCUT2D eigenvalue weighted by Gasteiger charge is -2.29. The second kappa shape index (κ2) is 5.48. The Kier molecular flexibility index (Phi) is 3.98. The van der Waals surface area contributed by atoms with Crippen molar-refractivity contribution in [3.63, 3.8) is 0 Å². The van der Waals surface area contributed by atoms with Gasteiger partial charge in [-0.05, 0) is 0 Å². The van der Waals surface area contributed by atoms with Crippen molar-refractivity contribution in [2.24, 2.45) is 0 Å². The Labute approximate surface area is 104 Å². The molecule has 2 heterocycles. The van der Waals surface area contributed by atoms with Crippen LogP contribution < -0.4 is 15.8 Å². The normalized spacial score (nSPS) is 20.2. The number of ether oxygens (including phenoxy) is 1. The highest BCUT2D eigenvalue weighted by molar-refractivity contribution is 6.32. The van der Waals surface area contributed by atoms with Gasteiger partial charge in [0.25, 0.3) is 5.56 Å². The summed E-state index contributed by atoms with van der Waals surface area (Å²) in [5.74, 6) is 0. The molecule has 1 fully saturated rings.